The highest BCUT2D eigenvalue weighted by atomic mass is 19.1. The number of fused-ring (bicyclic) bond motifs is 1. The summed E-state index contributed by atoms with van der Waals surface area (Å²) in [6.07, 6.45) is 2.00. The van der Waals surface area contributed by atoms with Crippen molar-refractivity contribution >= 4 is 11.8 Å². The van der Waals surface area contributed by atoms with E-state index < -0.39 is 11.8 Å². The standard InChI is InChI=1S/C16H15FN2O2/c1-21-16(20)14-8-13(17)9-18-15(14)19-7-6-11-4-2-3-5-12(11)10-19/h2-5,8-9H,6-7,10H2,1H3. The smallest absolute Gasteiger partial charge is 0.341 e. The molecule has 5 heteroatoms. The van der Waals surface area contributed by atoms with Gasteiger partial charge in [-0.05, 0) is 23.6 Å². The average Bonchev–Trinajstić information content (AvgIpc) is 2.53. The Bertz CT molecular complexity index is 688. The molecule has 1 aliphatic heterocycles. The summed E-state index contributed by atoms with van der Waals surface area (Å²) in [5, 5.41) is 0. The third kappa shape index (κ3) is 2.59. The molecule has 0 saturated carbocycles. The van der Waals surface area contributed by atoms with E-state index in [1.165, 1.54) is 24.3 Å². The van der Waals surface area contributed by atoms with Crippen LogP contribution >= 0.6 is 0 Å². The molecule has 4 nitrogen and oxygen atoms in total. The quantitative estimate of drug-likeness (QED) is 0.796. The van der Waals surface area contributed by atoms with Crippen LogP contribution in [-0.2, 0) is 17.7 Å². The first-order valence-corrected chi connectivity index (χ1v) is 6.74. The van der Waals surface area contributed by atoms with Crippen LogP contribution < -0.4 is 4.90 Å². The third-order valence-electron chi connectivity index (χ3n) is 3.67. The van der Waals surface area contributed by atoms with E-state index in [0.717, 1.165) is 19.2 Å². The lowest BCUT2D eigenvalue weighted by molar-refractivity contribution is 0.0600. The molecule has 0 aliphatic carbocycles. The van der Waals surface area contributed by atoms with Crippen LogP contribution in [0.1, 0.15) is 21.5 Å². The Kier molecular flexibility index (Phi) is 3.56. The van der Waals surface area contributed by atoms with Gasteiger partial charge >= 0.3 is 5.97 Å². The summed E-state index contributed by atoms with van der Waals surface area (Å²) in [7, 11) is 1.28. The highest BCUT2D eigenvalue weighted by Crippen LogP contribution is 2.26. The van der Waals surface area contributed by atoms with Gasteiger partial charge in [0.2, 0.25) is 0 Å². The molecule has 0 bridgehead atoms. The Hall–Kier alpha value is -2.43. The molecule has 0 N–H and O–H groups in total. The molecule has 2 aromatic rings. The molecule has 108 valence electrons. The van der Waals surface area contributed by atoms with Gasteiger partial charge in [0.25, 0.3) is 0 Å². The number of halogens is 1. The predicted molar refractivity (Wildman–Crippen MR) is 76.7 cm³/mol. The van der Waals surface area contributed by atoms with Crippen molar-refractivity contribution in [2.45, 2.75) is 13.0 Å². The minimum absolute atomic E-state index is 0.164. The summed E-state index contributed by atoms with van der Waals surface area (Å²) in [5.41, 5.74) is 2.66. The Morgan fingerprint density at radius 3 is 2.86 bits per heavy atom. The van der Waals surface area contributed by atoms with E-state index in [2.05, 4.69) is 17.1 Å². The number of hydrogen-bond acceptors (Lipinski definition) is 4. The van der Waals surface area contributed by atoms with Crippen LogP contribution in [0.4, 0.5) is 10.2 Å². The fourth-order valence-electron chi connectivity index (χ4n) is 2.62. The molecule has 0 atom stereocenters. The number of ether oxygens (including phenoxy) is 1. The lowest BCUT2D eigenvalue weighted by atomic mass is 9.99. The van der Waals surface area contributed by atoms with Crippen molar-refractivity contribution in [2.24, 2.45) is 0 Å². The van der Waals surface area contributed by atoms with Crippen LogP contribution in [0.5, 0.6) is 0 Å². The molecule has 2 heterocycles. The van der Waals surface area contributed by atoms with Crippen molar-refractivity contribution in [1.29, 1.82) is 0 Å². The maximum Gasteiger partial charge on any atom is 0.341 e. The Balaban J connectivity index is 1.97. The fraction of sp³-hybridized carbons (Fsp3) is 0.250. The summed E-state index contributed by atoms with van der Waals surface area (Å²) >= 11 is 0. The van der Waals surface area contributed by atoms with Crippen LogP contribution in [-0.4, -0.2) is 24.6 Å². The molecule has 1 aromatic carbocycles. The van der Waals surface area contributed by atoms with Gasteiger partial charge in [0.05, 0.1) is 13.3 Å². The number of esters is 1. The van der Waals surface area contributed by atoms with Gasteiger partial charge in [-0.1, -0.05) is 24.3 Å². The highest BCUT2D eigenvalue weighted by molar-refractivity contribution is 5.94. The number of rotatable bonds is 2. The number of pyridine rings is 1. The molecule has 0 unspecified atom stereocenters. The Morgan fingerprint density at radius 1 is 1.33 bits per heavy atom. The van der Waals surface area contributed by atoms with Crippen molar-refractivity contribution < 1.29 is 13.9 Å². The molecule has 0 fully saturated rings. The summed E-state index contributed by atoms with van der Waals surface area (Å²) in [4.78, 5) is 17.9. The van der Waals surface area contributed by atoms with E-state index in [4.69, 9.17) is 4.74 Å². The first kappa shape index (κ1) is 13.5. The summed E-state index contributed by atoms with van der Waals surface area (Å²) in [6.45, 7) is 1.39. The molecule has 0 spiro atoms. The molecule has 0 radical (unpaired) electrons. The van der Waals surface area contributed by atoms with E-state index in [-0.39, 0.29) is 5.56 Å². The lowest BCUT2D eigenvalue weighted by Gasteiger charge is -2.30. The van der Waals surface area contributed by atoms with Crippen LogP contribution in [0.2, 0.25) is 0 Å². The minimum Gasteiger partial charge on any atom is -0.465 e. The zero-order chi connectivity index (χ0) is 14.8. The number of carbonyl (C=O) groups excluding carboxylic acids is 1. The summed E-state index contributed by atoms with van der Waals surface area (Å²) in [5.74, 6) is -0.648. The molecule has 0 amide bonds. The van der Waals surface area contributed by atoms with Crippen molar-refractivity contribution in [3.63, 3.8) is 0 Å². The Labute approximate surface area is 122 Å². The second-order valence-electron chi connectivity index (χ2n) is 4.96. The number of benzene rings is 1. The van der Waals surface area contributed by atoms with Gasteiger partial charge in [0.15, 0.2) is 0 Å². The van der Waals surface area contributed by atoms with Crippen molar-refractivity contribution in [3.8, 4) is 0 Å². The molecular formula is C16H15FN2O2. The van der Waals surface area contributed by atoms with Crippen molar-refractivity contribution in [1.82, 2.24) is 4.98 Å². The van der Waals surface area contributed by atoms with Gasteiger partial charge in [-0.15, -0.1) is 0 Å². The zero-order valence-electron chi connectivity index (χ0n) is 11.7. The van der Waals surface area contributed by atoms with Gasteiger partial charge in [0.1, 0.15) is 17.2 Å². The van der Waals surface area contributed by atoms with E-state index >= 15 is 0 Å². The summed E-state index contributed by atoms with van der Waals surface area (Å²) < 4.78 is 18.1. The van der Waals surface area contributed by atoms with Gasteiger partial charge in [-0.25, -0.2) is 14.2 Å². The SMILES string of the molecule is COC(=O)c1cc(F)cnc1N1CCc2ccccc2C1. The molecule has 21 heavy (non-hydrogen) atoms. The molecule has 1 aromatic heterocycles. The number of anilines is 1. The van der Waals surface area contributed by atoms with Crippen LogP contribution in [0, 0.1) is 5.82 Å². The molecular weight excluding hydrogens is 271 g/mol. The average molecular weight is 286 g/mol. The van der Waals surface area contributed by atoms with Gasteiger partial charge in [-0.3, -0.25) is 0 Å². The van der Waals surface area contributed by atoms with Crippen LogP contribution in [0.3, 0.4) is 0 Å². The van der Waals surface area contributed by atoms with Gasteiger partial charge < -0.3 is 9.64 Å². The number of methoxy groups -OCH3 is 1. The highest BCUT2D eigenvalue weighted by Gasteiger charge is 2.23. The normalized spacial score (nSPS) is 13.7. The predicted octanol–water partition coefficient (Wildman–Crippen LogP) is 2.57. The molecule has 1 aliphatic rings. The van der Waals surface area contributed by atoms with Gasteiger partial charge in [0, 0.05) is 13.1 Å². The van der Waals surface area contributed by atoms with Crippen molar-refractivity contribution in [3.05, 3.63) is 59.0 Å². The van der Waals surface area contributed by atoms with Gasteiger partial charge in [-0.2, -0.15) is 0 Å². The van der Waals surface area contributed by atoms with Crippen molar-refractivity contribution in [2.75, 3.05) is 18.6 Å². The largest absolute Gasteiger partial charge is 0.465 e. The molecule has 0 saturated heterocycles. The van der Waals surface area contributed by atoms with Crippen LogP contribution in [0.25, 0.3) is 0 Å². The van der Waals surface area contributed by atoms with E-state index in [9.17, 15) is 9.18 Å². The maximum atomic E-state index is 13.4. The number of hydrogen-bond donors (Lipinski definition) is 0. The van der Waals surface area contributed by atoms with E-state index in [1.54, 1.807) is 0 Å². The second kappa shape index (κ2) is 5.52. The summed E-state index contributed by atoms with van der Waals surface area (Å²) in [6, 6.07) is 9.34. The minimum atomic E-state index is -0.573. The number of aromatic nitrogens is 1. The monoisotopic (exact) mass is 286 g/mol. The number of nitrogens with zero attached hydrogens (tertiary/aromatic N) is 2. The Morgan fingerprint density at radius 2 is 2.10 bits per heavy atom. The number of carbonyl (C=O) groups is 1. The van der Waals surface area contributed by atoms with E-state index in [0.29, 0.717) is 12.4 Å². The second-order valence-corrected chi connectivity index (χ2v) is 4.96. The van der Waals surface area contributed by atoms with Crippen LogP contribution in [0.15, 0.2) is 36.5 Å². The maximum absolute atomic E-state index is 13.4. The zero-order valence-corrected chi connectivity index (χ0v) is 11.7. The first-order chi connectivity index (χ1) is 10.2. The fourth-order valence-corrected chi connectivity index (χ4v) is 2.62. The first-order valence-electron chi connectivity index (χ1n) is 6.74. The third-order valence-corrected chi connectivity index (χ3v) is 3.67. The molecule has 3 rings (SSSR count). The topological polar surface area (TPSA) is 42.4 Å². The lowest BCUT2D eigenvalue weighted by Crippen LogP contribution is -2.32. The van der Waals surface area contributed by atoms with E-state index in [1.807, 2.05) is 17.0 Å².